The van der Waals surface area contributed by atoms with E-state index in [9.17, 15) is 101 Å². The van der Waals surface area contributed by atoms with Gasteiger partial charge in [-0.15, -0.1) is 11.3 Å². The highest BCUT2D eigenvalue weighted by Gasteiger charge is 2.60. The van der Waals surface area contributed by atoms with E-state index in [-0.39, 0.29) is 30.3 Å². The lowest BCUT2D eigenvalue weighted by atomic mass is 9.86. The lowest BCUT2D eigenvalue weighted by Crippen LogP contribution is -2.70. The normalized spacial score (nSPS) is 35.7. The van der Waals surface area contributed by atoms with Crippen molar-refractivity contribution in [2.45, 2.75) is 296 Å². The molecule has 0 aromatic carbocycles. The van der Waals surface area contributed by atoms with Gasteiger partial charge in [-0.05, 0) is 19.4 Å². The number of unbranched alkanes of at least 4 members (excludes halogenated alkanes) is 14. The van der Waals surface area contributed by atoms with Gasteiger partial charge in [0.1, 0.15) is 97.7 Å². The molecule has 0 aliphatic carbocycles. The van der Waals surface area contributed by atoms with Gasteiger partial charge in [-0.25, -0.2) is 9.78 Å². The summed E-state index contributed by atoms with van der Waals surface area (Å²) in [6, 6.07) is -1.39. The largest absolute Gasteiger partial charge is 0.461 e. The van der Waals surface area contributed by atoms with Crippen molar-refractivity contribution < 1.29 is 158 Å². The molecule has 24 unspecified atom stereocenters. The molecule has 19 N–H and O–H groups in total. The zero-order valence-electron chi connectivity index (χ0n) is 57.9. The first-order valence-corrected chi connectivity index (χ1v) is 36.1. The molecule has 2 amide bonds. The fourth-order valence-corrected chi connectivity index (χ4v) is 13.4. The number of carbonyl (C=O) groups excluding carboxylic acids is 4. The summed E-state index contributed by atoms with van der Waals surface area (Å²) < 4.78 is 65.5. The number of hydrogen-bond donors (Lipinski definition) is 19. The zero-order valence-corrected chi connectivity index (χ0v) is 58.7. The first-order valence-electron chi connectivity index (χ1n) is 35.2. The van der Waals surface area contributed by atoms with Gasteiger partial charge < -0.3 is 144 Å². The van der Waals surface area contributed by atoms with Crippen LogP contribution < -0.4 is 16.1 Å². The molecule has 1 aromatic heterocycles. The van der Waals surface area contributed by atoms with Crippen molar-refractivity contribution in [3.63, 3.8) is 0 Å². The molecule has 5 aliphatic rings. The van der Waals surface area contributed by atoms with Crippen LogP contribution in [0.4, 0.5) is 5.13 Å². The van der Waals surface area contributed by atoms with E-state index in [2.05, 4.69) is 28.0 Å². The predicted molar refractivity (Wildman–Crippen MR) is 350 cm³/mol. The third kappa shape index (κ3) is 24.3. The van der Waals surface area contributed by atoms with Gasteiger partial charge in [0.05, 0.1) is 76.7 Å². The Labute approximate surface area is 595 Å². The van der Waals surface area contributed by atoms with Crippen LogP contribution in [0, 0.1) is 11.8 Å². The number of nitrogens with one attached hydrogen (secondary N) is 3. The van der Waals surface area contributed by atoms with E-state index in [4.69, 9.17) is 56.9 Å². The Balaban J connectivity index is 1.21. The molecule has 0 radical (unpaired) electrons. The number of aliphatic hydroxyl groups excluding tert-OH is 16. The second-order valence-electron chi connectivity index (χ2n) is 26.4. The fraction of sp³-hybridized carbons (Fsp3) is 0.862. The minimum Gasteiger partial charge on any atom is -0.461 e. The molecule has 102 heavy (non-hydrogen) atoms. The Morgan fingerprint density at radius 1 is 0.637 bits per heavy atom. The van der Waals surface area contributed by atoms with E-state index >= 15 is 0 Å². The maximum atomic E-state index is 13.6. The number of thiazole rings is 1. The molecular formula is C65H110N4O32S. The molecule has 0 saturated carbocycles. The smallest absolute Gasteiger partial charge is 0.357 e. The summed E-state index contributed by atoms with van der Waals surface area (Å²) in [4.78, 5) is 59.6. The summed E-state index contributed by atoms with van der Waals surface area (Å²) in [5.74, 6) is -7.19. The van der Waals surface area contributed by atoms with E-state index in [0.717, 1.165) is 55.6 Å². The van der Waals surface area contributed by atoms with Crippen LogP contribution in [0.5, 0.6) is 0 Å². The van der Waals surface area contributed by atoms with Crippen molar-refractivity contribution in [1.82, 2.24) is 15.8 Å². The summed E-state index contributed by atoms with van der Waals surface area (Å²) in [5.41, 5.74) is 2.11. The molecular weight excluding hydrogens is 1380 g/mol. The topological polar surface area (TPSA) is 552 Å². The van der Waals surface area contributed by atoms with Crippen LogP contribution in [0.15, 0.2) is 17.5 Å². The van der Waals surface area contributed by atoms with Gasteiger partial charge in [-0.1, -0.05) is 116 Å². The Bertz CT molecular complexity index is 2620. The summed E-state index contributed by atoms with van der Waals surface area (Å²) in [6.45, 7) is 0.768. The summed E-state index contributed by atoms with van der Waals surface area (Å²) in [6.07, 6.45) is -27.6. The van der Waals surface area contributed by atoms with Crippen LogP contribution in [0.2, 0.25) is 0 Å². The minimum atomic E-state index is -2.75. The predicted octanol–water partition coefficient (Wildman–Crippen LogP) is -3.66. The average Bonchev–Trinajstić information content (AvgIpc) is 0.813. The molecule has 6 heterocycles. The van der Waals surface area contributed by atoms with Crippen molar-refractivity contribution in [3.8, 4) is 0 Å². The monoisotopic (exact) mass is 1490 g/mol. The number of carbonyl (C=O) groups is 4. The highest BCUT2D eigenvalue weighted by molar-refractivity contribution is 7.14. The Morgan fingerprint density at radius 2 is 1.18 bits per heavy atom. The number of hydrogen-bond acceptors (Lipinski definition) is 35. The quantitative estimate of drug-likeness (QED) is 0.00748. The van der Waals surface area contributed by atoms with E-state index in [1.165, 1.54) is 77.0 Å². The van der Waals surface area contributed by atoms with Gasteiger partial charge >= 0.3 is 12.4 Å². The number of hydroxylamine groups is 1. The summed E-state index contributed by atoms with van der Waals surface area (Å²) in [7, 11) is 0. The van der Waals surface area contributed by atoms with Gasteiger partial charge in [0.2, 0.25) is 11.8 Å². The average molecular weight is 1490 g/mol. The van der Waals surface area contributed by atoms with Gasteiger partial charge in [0.25, 0.3) is 5.91 Å². The van der Waals surface area contributed by atoms with Crippen LogP contribution in [-0.2, 0) is 71.3 Å². The molecule has 0 spiro atoms. The Hall–Kier alpha value is -3.83. The molecule has 5 aliphatic heterocycles. The molecule has 6 rings (SSSR count). The van der Waals surface area contributed by atoms with Crippen molar-refractivity contribution in [1.29, 1.82) is 0 Å². The standard InChI is InChI=1S/C65H110N4O32S/c1-5-7-8-9-10-11-12-13-14-15-16-17-18-19-20-21-44(79)66-35(37(76)22-23-45(80)68-64-67-36(31-102-64)59(89)90-6-2)30-91-61-52(87)50(85)56(42(28-73)95-61)98-63-53(88)58(101-65(69-92-32-75)24-38(77)33(3)55(100-65)46(81)39(78)25-70)57(43(29-74)96-63)99-60-34(4)54(48(83)41(27-72)93-60)97-62-51(86)49(84)47(82)40(26-71)94-62/h22-23,31-35,37-43,46-58,60-63,69-74,76-78,81-88H,5-21,24-30H2,1-4H3,(H,66,79)(H,67,68,80)/b23-22+/t33?,34?,35-,37+,38?,39+,40?,41?,42?,43?,46+,47?,48?,49?,50?,51?,52?,53?,54?,55?,56?,57?,58?,60?,61?,62?,63?,65?/m0/s1. The van der Waals surface area contributed by atoms with E-state index in [0.29, 0.717) is 6.42 Å². The van der Waals surface area contributed by atoms with Crippen LogP contribution >= 0.6 is 11.3 Å². The number of rotatable bonds is 44. The fourth-order valence-electron chi connectivity index (χ4n) is 12.7. The number of ether oxygens (including phenoxy) is 11. The second kappa shape index (κ2) is 43.8. The third-order valence-electron chi connectivity index (χ3n) is 18.8. The van der Waals surface area contributed by atoms with Gasteiger partial charge in [0.15, 0.2) is 36.0 Å². The SMILES string of the molecule is CCCCCCCCCCCCCCCCCC(=O)N[C@@H](COC1OC(CO)C(OC2OC(CO)C(OC3OC(CO)C(O)C(OC4OC(CO)C(O)C(O)C4O)C3C)C(OC3(NOC=O)CC(O)C(C)C([C@H](O)[C@H](O)CO)O3)C2O)C(O)C1O)[C@H](O)/C=C/C(=O)Nc1nc(C(=O)OCC)cs1. The third-order valence-corrected chi connectivity index (χ3v) is 19.6. The van der Waals surface area contributed by atoms with E-state index < -0.39 is 235 Å². The van der Waals surface area contributed by atoms with Crippen molar-refractivity contribution in [2.75, 3.05) is 51.6 Å². The number of aromatic nitrogens is 1. The number of nitrogens with zero attached hydrogens (tertiary/aromatic N) is 1. The lowest BCUT2D eigenvalue weighted by molar-refractivity contribution is -0.426. The highest BCUT2D eigenvalue weighted by atomic mass is 32.1. The number of amides is 2. The molecule has 36 nitrogen and oxygen atoms in total. The number of anilines is 1. The lowest BCUT2D eigenvalue weighted by Gasteiger charge is -2.53. The molecule has 0 bridgehead atoms. The minimum absolute atomic E-state index is 0.0233. The molecule has 1 aromatic rings. The molecule has 37 heteroatoms. The molecule has 5 saturated heterocycles. The van der Waals surface area contributed by atoms with Crippen LogP contribution in [0.3, 0.4) is 0 Å². The van der Waals surface area contributed by atoms with Gasteiger partial charge in [-0.3, -0.25) is 19.7 Å². The van der Waals surface area contributed by atoms with Crippen LogP contribution in [0.25, 0.3) is 0 Å². The van der Waals surface area contributed by atoms with E-state index in [1.807, 2.05) is 0 Å². The van der Waals surface area contributed by atoms with Crippen molar-refractivity contribution in [3.05, 3.63) is 23.2 Å². The van der Waals surface area contributed by atoms with Crippen molar-refractivity contribution in [2.24, 2.45) is 11.8 Å². The number of aliphatic hydroxyl groups is 16. The Kier molecular flexibility index (Phi) is 37.4. The zero-order chi connectivity index (χ0) is 74.8. The first kappa shape index (κ1) is 87.1. The van der Waals surface area contributed by atoms with Gasteiger partial charge in [0, 0.05) is 36.1 Å². The Morgan fingerprint density at radius 3 is 1.77 bits per heavy atom. The second-order valence-corrected chi connectivity index (χ2v) is 27.3. The maximum Gasteiger partial charge on any atom is 0.357 e. The summed E-state index contributed by atoms with van der Waals surface area (Å²) >= 11 is 0.927. The molecule has 588 valence electrons. The first-order chi connectivity index (χ1) is 48.8. The van der Waals surface area contributed by atoms with Gasteiger partial charge in [-0.2, -0.15) is 0 Å². The maximum absolute atomic E-state index is 13.6. The van der Waals surface area contributed by atoms with Crippen LogP contribution in [-0.4, -0.2) is 316 Å². The van der Waals surface area contributed by atoms with Crippen LogP contribution in [0.1, 0.15) is 147 Å². The summed E-state index contributed by atoms with van der Waals surface area (Å²) in [5, 5.41) is 183. The molecule has 28 atom stereocenters. The van der Waals surface area contributed by atoms with E-state index in [1.54, 1.807) is 6.92 Å². The number of esters is 1. The highest BCUT2D eigenvalue weighted by Crippen LogP contribution is 2.42. The molecule has 5 fully saturated rings. The van der Waals surface area contributed by atoms with Crippen molar-refractivity contribution >= 4 is 40.7 Å².